The summed E-state index contributed by atoms with van der Waals surface area (Å²) >= 11 is 1.34. The second-order valence-electron chi connectivity index (χ2n) is 5.57. The zero-order valence-electron chi connectivity index (χ0n) is 12.9. The number of hydrogen-bond donors (Lipinski definition) is 2. The molecule has 1 aliphatic heterocycles. The number of carbonyl (C=O) groups excluding carboxylic acids is 2. The van der Waals surface area contributed by atoms with Crippen LogP contribution >= 0.6 is 11.3 Å². The van der Waals surface area contributed by atoms with E-state index >= 15 is 0 Å². The zero-order valence-corrected chi connectivity index (χ0v) is 13.7. The lowest BCUT2D eigenvalue weighted by Gasteiger charge is -2.20. The number of aliphatic carboxylic acids is 1. The number of amides is 1. The molecule has 7 nitrogen and oxygen atoms in total. The number of carboxylic acid groups (broad SMARTS) is 1. The van der Waals surface area contributed by atoms with Crippen LogP contribution in [0.2, 0.25) is 0 Å². The molecule has 0 bridgehead atoms. The van der Waals surface area contributed by atoms with Gasteiger partial charge in [-0.3, -0.25) is 14.5 Å². The third-order valence-corrected chi connectivity index (χ3v) is 5.07. The number of cyclic esters (lactones) is 1. The molecule has 1 aromatic carbocycles. The molecule has 0 radical (unpaired) electrons. The Hall–Kier alpha value is -2.45. The van der Waals surface area contributed by atoms with Gasteiger partial charge in [-0.05, 0) is 30.0 Å². The van der Waals surface area contributed by atoms with Gasteiger partial charge in [-0.15, -0.1) is 11.3 Å². The highest BCUT2D eigenvalue weighted by Crippen LogP contribution is 2.38. The van der Waals surface area contributed by atoms with Crippen molar-refractivity contribution in [3.8, 4) is 0 Å². The molecule has 1 aromatic heterocycles. The predicted octanol–water partition coefficient (Wildman–Crippen LogP) is 1.77. The quantitative estimate of drug-likeness (QED) is 0.852. The monoisotopic (exact) mass is 348 g/mol. The summed E-state index contributed by atoms with van der Waals surface area (Å²) in [5, 5.41) is 10.4. The number of ether oxygens (including phenoxy) is 1. The number of nitrogens with two attached hydrogens (primary N) is 1. The van der Waals surface area contributed by atoms with Crippen molar-refractivity contribution >= 4 is 44.3 Å². The Morgan fingerprint density at radius 3 is 2.79 bits per heavy atom. The lowest BCUT2D eigenvalue weighted by atomic mass is 10.1. The molecule has 24 heavy (non-hydrogen) atoms. The Labute approximate surface area is 141 Å². The van der Waals surface area contributed by atoms with E-state index in [-0.39, 0.29) is 18.7 Å². The Kier molecular flexibility index (Phi) is 4.25. The molecular formula is C16H16N2O5S. The highest BCUT2D eigenvalue weighted by molar-refractivity contribution is 7.23. The average Bonchev–Trinajstić information content (AvgIpc) is 3.07. The summed E-state index contributed by atoms with van der Waals surface area (Å²) in [7, 11) is 0. The minimum absolute atomic E-state index is 0.0895. The van der Waals surface area contributed by atoms with Crippen LogP contribution < -0.4 is 10.6 Å². The summed E-state index contributed by atoms with van der Waals surface area (Å²) in [5.41, 5.74) is 6.41. The number of rotatable bonds is 5. The Bertz CT molecular complexity index is 831. The van der Waals surface area contributed by atoms with Gasteiger partial charge in [-0.1, -0.05) is 12.1 Å². The van der Waals surface area contributed by atoms with Gasteiger partial charge in [0.1, 0.15) is 5.00 Å². The lowest BCUT2D eigenvalue weighted by Crippen LogP contribution is -2.44. The maximum atomic E-state index is 12.2. The van der Waals surface area contributed by atoms with Crippen LogP contribution in [0.3, 0.4) is 0 Å². The largest absolute Gasteiger partial charge is 0.481 e. The third kappa shape index (κ3) is 2.74. The number of anilines is 1. The van der Waals surface area contributed by atoms with Crippen molar-refractivity contribution in [3.63, 3.8) is 0 Å². The molecule has 2 heterocycles. The van der Waals surface area contributed by atoms with Gasteiger partial charge in [0, 0.05) is 11.2 Å². The maximum absolute atomic E-state index is 12.2. The number of ketones is 1. The number of benzene rings is 1. The first-order valence-corrected chi connectivity index (χ1v) is 8.17. The summed E-state index contributed by atoms with van der Waals surface area (Å²) < 4.78 is 6.01. The summed E-state index contributed by atoms with van der Waals surface area (Å²) in [4.78, 5) is 36.3. The van der Waals surface area contributed by atoms with Crippen molar-refractivity contribution in [2.75, 3.05) is 11.4 Å². The maximum Gasteiger partial charge on any atom is 0.416 e. The van der Waals surface area contributed by atoms with Crippen molar-refractivity contribution in [2.45, 2.75) is 25.5 Å². The van der Waals surface area contributed by atoms with Crippen LogP contribution in [0.25, 0.3) is 10.1 Å². The van der Waals surface area contributed by atoms with E-state index in [0.717, 1.165) is 10.1 Å². The molecule has 1 fully saturated rings. The number of hydrogen-bond acceptors (Lipinski definition) is 6. The molecule has 0 aliphatic carbocycles. The van der Waals surface area contributed by atoms with E-state index in [2.05, 4.69) is 0 Å². The number of fused-ring (bicyclic) bond motifs is 1. The second-order valence-corrected chi connectivity index (χ2v) is 6.63. The number of thiophene rings is 1. The van der Waals surface area contributed by atoms with E-state index in [1.165, 1.54) is 23.2 Å². The van der Waals surface area contributed by atoms with Crippen molar-refractivity contribution in [2.24, 2.45) is 5.73 Å². The second kappa shape index (κ2) is 6.21. The van der Waals surface area contributed by atoms with E-state index in [1.54, 1.807) is 18.2 Å². The van der Waals surface area contributed by atoms with Crippen LogP contribution in [0, 0.1) is 0 Å². The molecule has 3 N–H and O–H groups in total. The smallest absolute Gasteiger partial charge is 0.416 e. The Morgan fingerprint density at radius 2 is 2.17 bits per heavy atom. The van der Waals surface area contributed by atoms with Gasteiger partial charge in [-0.2, -0.15) is 0 Å². The molecule has 1 saturated heterocycles. The standard InChI is InChI=1S/C16H16N2O5S/c1-8(19)15-11(7-17)18(16(22)23-15)13-6-10-9(5-14(20)21)3-2-4-12(10)24-13/h2-4,6,11,15H,5,7,17H2,1H3,(H,20,21)/t11?,15-/m0/s1. The first kappa shape index (κ1) is 16.4. The van der Waals surface area contributed by atoms with Crippen LogP contribution in [-0.2, 0) is 20.7 Å². The molecule has 126 valence electrons. The summed E-state index contributed by atoms with van der Waals surface area (Å²) in [6.07, 6.45) is -1.60. The third-order valence-electron chi connectivity index (χ3n) is 3.97. The number of nitrogens with zero attached hydrogens (tertiary/aromatic N) is 1. The molecule has 1 amide bonds. The molecule has 8 heteroatoms. The molecule has 0 spiro atoms. The Balaban J connectivity index is 2.04. The van der Waals surface area contributed by atoms with Gasteiger partial charge in [0.05, 0.1) is 12.5 Å². The molecule has 1 aliphatic rings. The Morgan fingerprint density at radius 1 is 1.42 bits per heavy atom. The molecule has 0 saturated carbocycles. The van der Waals surface area contributed by atoms with Crippen molar-refractivity contribution in [1.29, 1.82) is 0 Å². The highest BCUT2D eigenvalue weighted by Gasteiger charge is 2.44. The van der Waals surface area contributed by atoms with Gasteiger partial charge < -0.3 is 15.6 Å². The van der Waals surface area contributed by atoms with Crippen LogP contribution in [0.1, 0.15) is 12.5 Å². The van der Waals surface area contributed by atoms with E-state index in [4.69, 9.17) is 15.6 Å². The fourth-order valence-corrected chi connectivity index (χ4v) is 4.05. The zero-order chi connectivity index (χ0) is 17.4. The fourth-order valence-electron chi connectivity index (χ4n) is 2.89. The van der Waals surface area contributed by atoms with E-state index < -0.39 is 24.2 Å². The number of carbonyl (C=O) groups is 3. The normalized spacial score (nSPS) is 20.4. The van der Waals surface area contributed by atoms with E-state index in [9.17, 15) is 14.4 Å². The first-order valence-electron chi connectivity index (χ1n) is 7.36. The van der Waals surface area contributed by atoms with Crippen LogP contribution in [0.15, 0.2) is 24.3 Å². The van der Waals surface area contributed by atoms with Gasteiger partial charge >= 0.3 is 12.1 Å². The van der Waals surface area contributed by atoms with Gasteiger partial charge in [0.15, 0.2) is 11.9 Å². The number of Topliss-reactive ketones (excluding diaryl/α,β-unsaturated/α-hetero) is 1. The molecule has 1 unspecified atom stereocenters. The van der Waals surface area contributed by atoms with E-state index in [0.29, 0.717) is 10.6 Å². The molecule has 2 aromatic rings. The fraction of sp³-hybridized carbons (Fsp3) is 0.312. The summed E-state index contributed by atoms with van der Waals surface area (Å²) in [6, 6.07) is 6.57. The minimum atomic E-state index is -0.924. The minimum Gasteiger partial charge on any atom is -0.481 e. The van der Waals surface area contributed by atoms with Crippen molar-refractivity contribution < 1.29 is 24.2 Å². The molecular weight excluding hydrogens is 332 g/mol. The summed E-state index contributed by atoms with van der Waals surface area (Å²) in [6.45, 7) is 1.45. The van der Waals surface area contributed by atoms with Gasteiger partial charge in [0.2, 0.25) is 0 Å². The lowest BCUT2D eigenvalue weighted by molar-refractivity contribution is -0.136. The van der Waals surface area contributed by atoms with Crippen LogP contribution in [0.5, 0.6) is 0 Å². The van der Waals surface area contributed by atoms with Crippen molar-refractivity contribution in [1.82, 2.24) is 0 Å². The number of carboxylic acids is 1. The topological polar surface area (TPSA) is 110 Å². The van der Waals surface area contributed by atoms with Gasteiger partial charge in [-0.25, -0.2) is 4.79 Å². The van der Waals surface area contributed by atoms with Crippen LogP contribution in [0.4, 0.5) is 9.80 Å². The predicted molar refractivity (Wildman–Crippen MR) is 89.4 cm³/mol. The molecule has 3 rings (SSSR count). The SMILES string of the molecule is CC(=O)[C@@H]1OC(=O)N(c2cc3c(CC(=O)O)cccc3s2)C1CN. The summed E-state index contributed by atoms with van der Waals surface area (Å²) in [5.74, 6) is -1.18. The first-order chi connectivity index (χ1) is 11.4. The highest BCUT2D eigenvalue weighted by atomic mass is 32.1. The van der Waals surface area contributed by atoms with Gasteiger partial charge in [0.25, 0.3) is 0 Å². The molecule has 2 atom stereocenters. The van der Waals surface area contributed by atoms with Crippen LogP contribution in [-0.4, -0.2) is 41.6 Å². The van der Waals surface area contributed by atoms with Crippen molar-refractivity contribution in [3.05, 3.63) is 29.8 Å². The van der Waals surface area contributed by atoms with E-state index in [1.807, 2.05) is 6.07 Å². The average molecular weight is 348 g/mol.